The largest absolute Gasteiger partial charge is 0.454 e. The summed E-state index contributed by atoms with van der Waals surface area (Å²) in [6, 6.07) is 0. The Labute approximate surface area is 73.2 Å². The van der Waals surface area contributed by atoms with E-state index in [-0.39, 0.29) is 0 Å². The van der Waals surface area contributed by atoms with Gasteiger partial charge in [0.2, 0.25) is 0 Å². The van der Waals surface area contributed by atoms with Gasteiger partial charge in [-0.25, -0.2) is 4.79 Å². The molecule has 0 aromatic heterocycles. The van der Waals surface area contributed by atoms with Crippen LogP contribution in [-0.2, 0) is 4.74 Å². The van der Waals surface area contributed by atoms with Gasteiger partial charge in [-0.3, -0.25) is 4.79 Å². The van der Waals surface area contributed by atoms with E-state index >= 15 is 0 Å². The van der Waals surface area contributed by atoms with Crippen LogP contribution >= 0.6 is 34.8 Å². The second-order valence-electron chi connectivity index (χ2n) is 0.896. The molecular formula is C4H5Cl3O3. The summed E-state index contributed by atoms with van der Waals surface area (Å²) in [4.78, 5) is 18.6. The van der Waals surface area contributed by atoms with Gasteiger partial charge in [-0.2, -0.15) is 0 Å². The van der Waals surface area contributed by atoms with Crippen molar-refractivity contribution in [2.45, 2.75) is 6.92 Å². The molecule has 0 radical (unpaired) electrons. The predicted octanol–water partition coefficient (Wildman–Crippen LogP) is 2.97. The standard InChI is InChI=1S/C3H5ClO2.CCl2O/c1-2-6-3(4)5;2-1(3)4/h2H2,1H3;. The molecule has 0 unspecified atom stereocenters. The number of hydrogen-bond acceptors (Lipinski definition) is 3. The maximum atomic E-state index is 9.59. The second-order valence-corrected chi connectivity index (χ2v) is 2.09. The van der Waals surface area contributed by atoms with Crippen LogP contribution in [0.25, 0.3) is 0 Å². The third kappa shape index (κ3) is 43.4. The zero-order valence-corrected chi connectivity index (χ0v) is 7.33. The summed E-state index contributed by atoms with van der Waals surface area (Å²) in [5, 5.41) is 0. The first-order chi connectivity index (χ1) is 4.50. The van der Waals surface area contributed by atoms with Crippen molar-refractivity contribution in [3.8, 4) is 0 Å². The first-order valence-electron chi connectivity index (χ1n) is 2.18. The Morgan fingerprint density at radius 3 is 1.60 bits per heavy atom. The van der Waals surface area contributed by atoms with Gasteiger partial charge in [-0.05, 0) is 30.1 Å². The molecule has 0 aromatic carbocycles. The van der Waals surface area contributed by atoms with Gasteiger partial charge in [0, 0.05) is 11.6 Å². The van der Waals surface area contributed by atoms with Crippen LogP contribution in [0.3, 0.4) is 0 Å². The number of halogens is 3. The topological polar surface area (TPSA) is 43.4 Å². The molecule has 0 aromatic rings. The summed E-state index contributed by atoms with van der Waals surface area (Å²) in [6.45, 7) is 2.04. The summed E-state index contributed by atoms with van der Waals surface area (Å²) in [7, 11) is 0. The quantitative estimate of drug-likeness (QED) is 0.621. The highest BCUT2D eigenvalue weighted by molar-refractivity contribution is 6.93. The summed E-state index contributed by atoms with van der Waals surface area (Å²) in [5.74, 6) is 0. The second kappa shape index (κ2) is 9.01. The molecule has 0 aliphatic rings. The lowest BCUT2D eigenvalue weighted by Gasteiger charge is -1.86. The molecule has 0 rings (SSSR count). The van der Waals surface area contributed by atoms with Crippen molar-refractivity contribution in [1.29, 1.82) is 0 Å². The Morgan fingerprint density at radius 2 is 1.60 bits per heavy atom. The number of carbonyl (C=O) groups is 2. The molecule has 0 aliphatic heterocycles. The minimum Gasteiger partial charge on any atom is -0.454 e. The van der Waals surface area contributed by atoms with E-state index in [1.54, 1.807) is 6.92 Å². The number of hydrogen-bond donors (Lipinski definition) is 0. The molecule has 0 N–H and O–H groups in total. The fourth-order valence-electron chi connectivity index (χ4n) is 0.113. The van der Waals surface area contributed by atoms with E-state index in [9.17, 15) is 4.79 Å². The van der Waals surface area contributed by atoms with Crippen LogP contribution in [0.4, 0.5) is 9.59 Å². The third-order valence-corrected chi connectivity index (χ3v) is 0.367. The van der Waals surface area contributed by atoms with E-state index in [1.165, 1.54) is 0 Å². The van der Waals surface area contributed by atoms with Crippen molar-refractivity contribution < 1.29 is 14.3 Å². The zero-order chi connectivity index (χ0) is 8.57. The summed E-state index contributed by atoms with van der Waals surface area (Å²) in [5.41, 5.74) is -0.738. The van der Waals surface area contributed by atoms with Crippen LogP contribution in [0.15, 0.2) is 0 Å². The third-order valence-electron chi connectivity index (χ3n) is 0.258. The lowest BCUT2D eigenvalue weighted by Crippen LogP contribution is -1.89. The van der Waals surface area contributed by atoms with E-state index in [0.29, 0.717) is 6.61 Å². The first-order valence-corrected chi connectivity index (χ1v) is 3.31. The molecule has 0 aliphatic carbocycles. The lowest BCUT2D eigenvalue weighted by atomic mass is 10.9. The van der Waals surface area contributed by atoms with Gasteiger partial charge < -0.3 is 4.74 Å². The molecule has 60 valence electrons. The highest BCUT2D eigenvalue weighted by Gasteiger charge is 1.86. The first kappa shape index (κ1) is 12.7. The molecule has 6 heteroatoms. The minimum atomic E-state index is -0.889. The van der Waals surface area contributed by atoms with E-state index < -0.39 is 10.1 Å². The molecule has 0 heterocycles. The van der Waals surface area contributed by atoms with Gasteiger partial charge in [0.15, 0.2) is 0 Å². The van der Waals surface area contributed by atoms with Crippen molar-refractivity contribution in [3.05, 3.63) is 0 Å². The van der Waals surface area contributed by atoms with Gasteiger partial charge in [0.1, 0.15) is 0 Å². The number of rotatable bonds is 1. The Bertz CT molecular complexity index is 110. The van der Waals surface area contributed by atoms with Gasteiger partial charge in [0.25, 0.3) is 0 Å². The fraction of sp³-hybridized carbons (Fsp3) is 0.500. The van der Waals surface area contributed by atoms with E-state index in [2.05, 4.69) is 27.9 Å². The Balaban J connectivity index is 0. The van der Waals surface area contributed by atoms with Crippen molar-refractivity contribution >= 4 is 44.9 Å². The van der Waals surface area contributed by atoms with Gasteiger partial charge >= 0.3 is 10.1 Å². The van der Waals surface area contributed by atoms with Crippen LogP contribution in [0.2, 0.25) is 0 Å². The average Bonchev–Trinajstić information content (AvgIpc) is 1.62. The van der Waals surface area contributed by atoms with E-state index in [4.69, 9.17) is 16.4 Å². The van der Waals surface area contributed by atoms with E-state index in [0.717, 1.165) is 0 Å². The van der Waals surface area contributed by atoms with Crippen molar-refractivity contribution in [2.75, 3.05) is 6.61 Å². The summed E-state index contributed by atoms with van der Waals surface area (Å²) >= 11 is 13.5. The molecule has 0 spiro atoms. The maximum Gasteiger partial charge on any atom is 0.403 e. The highest BCUT2D eigenvalue weighted by Crippen LogP contribution is 1.84. The van der Waals surface area contributed by atoms with Gasteiger partial charge in [0.05, 0.1) is 6.61 Å². The van der Waals surface area contributed by atoms with Crippen LogP contribution in [0.1, 0.15) is 6.92 Å². The Hall–Kier alpha value is 0.01000. The molecule has 0 saturated carbocycles. The smallest absolute Gasteiger partial charge is 0.403 e. The molecule has 0 atom stereocenters. The Kier molecular flexibility index (Phi) is 11.4. The number of carbonyl (C=O) groups excluding carboxylic acids is 2. The maximum absolute atomic E-state index is 9.59. The highest BCUT2D eigenvalue weighted by atomic mass is 35.5. The zero-order valence-electron chi connectivity index (χ0n) is 5.07. The van der Waals surface area contributed by atoms with Crippen molar-refractivity contribution in [2.24, 2.45) is 0 Å². The van der Waals surface area contributed by atoms with Crippen LogP contribution in [0, 0.1) is 0 Å². The van der Waals surface area contributed by atoms with Crippen molar-refractivity contribution in [3.63, 3.8) is 0 Å². The molecule has 3 nitrogen and oxygen atoms in total. The molecule has 0 saturated heterocycles. The molecule has 0 fully saturated rings. The van der Waals surface area contributed by atoms with Crippen LogP contribution < -0.4 is 0 Å². The van der Waals surface area contributed by atoms with Crippen LogP contribution in [-0.4, -0.2) is 16.7 Å². The molecule has 0 bridgehead atoms. The van der Waals surface area contributed by atoms with Gasteiger partial charge in [-0.15, -0.1) is 0 Å². The Morgan fingerprint density at radius 1 is 1.30 bits per heavy atom. The summed E-state index contributed by atoms with van der Waals surface area (Å²) < 4.78 is 3.28. The molecule has 10 heavy (non-hydrogen) atoms. The monoisotopic (exact) mass is 206 g/mol. The van der Waals surface area contributed by atoms with Crippen molar-refractivity contribution in [1.82, 2.24) is 0 Å². The fourth-order valence-corrected chi connectivity index (χ4v) is 0.223. The predicted molar refractivity (Wildman–Crippen MR) is 40.0 cm³/mol. The van der Waals surface area contributed by atoms with Crippen LogP contribution in [0.5, 0.6) is 0 Å². The van der Waals surface area contributed by atoms with Gasteiger partial charge in [-0.1, -0.05) is 0 Å². The molecule has 0 amide bonds. The van der Waals surface area contributed by atoms with E-state index in [1.807, 2.05) is 0 Å². The molecular weight excluding hydrogens is 202 g/mol. The minimum absolute atomic E-state index is 0.350. The SMILES string of the molecule is CCOC(=O)Cl.O=C(Cl)Cl. The normalized spacial score (nSPS) is 7.20. The number of ether oxygens (including phenoxy) is 1. The average molecular weight is 207 g/mol. The lowest BCUT2D eigenvalue weighted by molar-refractivity contribution is 0.180. The summed E-state index contributed by atoms with van der Waals surface area (Å²) in [6.07, 6.45) is 0.